The molecule has 0 bridgehead atoms. The number of carboxylic acids is 1. The maximum atomic E-state index is 11.9. The Balaban J connectivity index is 1.83. The molecule has 2 fully saturated rings. The molecular formula is C15H23NO4. The van der Waals surface area contributed by atoms with Gasteiger partial charge in [0.1, 0.15) is 0 Å². The Morgan fingerprint density at radius 1 is 1.25 bits per heavy atom. The zero-order valence-electron chi connectivity index (χ0n) is 11.8. The predicted octanol–water partition coefficient (Wildman–Crippen LogP) is 2.86. The van der Waals surface area contributed by atoms with Crippen molar-refractivity contribution in [2.45, 2.75) is 56.9 Å². The topological polar surface area (TPSA) is 75.6 Å². The molecule has 2 N–H and O–H groups in total. The summed E-state index contributed by atoms with van der Waals surface area (Å²) >= 11 is 0. The summed E-state index contributed by atoms with van der Waals surface area (Å²) in [7, 11) is 0. The fourth-order valence-corrected chi connectivity index (χ4v) is 3.05. The smallest absolute Gasteiger partial charge is 0.407 e. The average Bonchev–Trinajstić information content (AvgIpc) is 2.99. The summed E-state index contributed by atoms with van der Waals surface area (Å²) in [5, 5.41) is 11.8. The van der Waals surface area contributed by atoms with E-state index in [2.05, 4.69) is 11.9 Å². The van der Waals surface area contributed by atoms with Crippen LogP contribution in [0, 0.1) is 5.41 Å². The van der Waals surface area contributed by atoms with Gasteiger partial charge in [0.15, 0.2) is 0 Å². The minimum absolute atomic E-state index is 0.0279. The van der Waals surface area contributed by atoms with Crippen LogP contribution in [0.25, 0.3) is 0 Å². The molecule has 2 rings (SSSR count). The normalized spacial score (nSPS) is 22.0. The predicted molar refractivity (Wildman–Crippen MR) is 74.4 cm³/mol. The van der Waals surface area contributed by atoms with Crippen LogP contribution in [0.15, 0.2) is 12.7 Å². The molecule has 112 valence electrons. The second kappa shape index (κ2) is 5.85. The van der Waals surface area contributed by atoms with E-state index < -0.39 is 17.6 Å². The molecule has 2 saturated carbocycles. The van der Waals surface area contributed by atoms with Gasteiger partial charge in [0.25, 0.3) is 0 Å². The Labute approximate surface area is 119 Å². The number of carbonyl (C=O) groups excluding carboxylic acids is 1. The van der Waals surface area contributed by atoms with Gasteiger partial charge in [0, 0.05) is 5.41 Å². The number of aliphatic carboxylic acids is 1. The first kappa shape index (κ1) is 14.9. The fraction of sp³-hybridized carbons (Fsp3) is 0.733. The van der Waals surface area contributed by atoms with Gasteiger partial charge in [-0.25, -0.2) is 4.79 Å². The van der Waals surface area contributed by atoms with Crippen LogP contribution in [-0.4, -0.2) is 29.3 Å². The first-order valence-electron chi connectivity index (χ1n) is 7.27. The first-order chi connectivity index (χ1) is 9.49. The van der Waals surface area contributed by atoms with Crippen molar-refractivity contribution in [2.24, 2.45) is 5.41 Å². The molecule has 5 heteroatoms. The zero-order valence-corrected chi connectivity index (χ0v) is 11.8. The van der Waals surface area contributed by atoms with Crippen LogP contribution >= 0.6 is 0 Å². The molecule has 0 aromatic rings. The lowest BCUT2D eigenvalue weighted by molar-refractivity contribution is -0.138. The molecule has 0 saturated heterocycles. The van der Waals surface area contributed by atoms with Crippen molar-refractivity contribution >= 4 is 12.1 Å². The molecule has 0 spiro atoms. The van der Waals surface area contributed by atoms with Crippen LogP contribution in [0.2, 0.25) is 0 Å². The van der Waals surface area contributed by atoms with E-state index in [0.717, 1.165) is 32.1 Å². The number of carboxylic acid groups (broad SMARTS) is 1. The van der Waals surface area contributed by atoms with Crippen molar-refractivity contribution in [3.63, 3.8) is 0 Å². The van der Waals surface area contributed by atoms with Crippen LogP contribution < -0.4 is 5.32 Å². The fourth-order valence-electron chi connectivity index (χ4n) is 3.05. The van der Waals surface area contributed by atoms with Gasteiger partial charge in [-0.3, -0.25) is 4.79 Å². The van der Waals surface area contributed by atoms with Gasteiger partial charge in [-0.15, -0.1) is 6.58 Å². The molecule has 0 aromatic heterocycles. The van der Waals surface area contributed by atoms with Gasteiger partial charge < -0.3 is 15.2 Å². The lowest BCUT2D eigenvalue weighted by Gasteiger charge is -2.28. The van der Waals surface area contributed by atoms with Crippen molar-refractivity contribution in [3.8, 4) is 0 Å². The lowest BCUT2D eigenvalue weighted by Crippen LogP contribution is -2.48. The summed E-state index contributed by atoms with van der Waals surface area (Å²) in [4.78, 5) is 22.9. The van der Waals surface area contributed by atoms with Gasteiger partial charge in [-0.2, -0.15) is 0 Å². The Kier molecular flexibility index (Phi) is 4.35. The molecule has 0 aliphatic heterocycles. The van der Waals surface area contributed by atoms with E-state index in [-0.39, 0.29) is 11.8 Å². The van der Waals surface area contributed by atoms with Crippen molar-refractivity contribution in [3.05, 3.63) is 12.7 Å². The maximum absolute atomic E-state index is 11.9. The lowest BCUT2D eigenvalue weighted by atomic mass is 9.93. The number of allylic oxidation sites excluding steroid dienone is 1. The van der Waals surface area contributed by atoms with Crippen molar-refractivity contribution < 1.29 is 19.4 Å². The molecule has 0 unspecified atom stereocenters. The Morgan fingerprint density at radius 3 is 2.40 bits per heavy atom. The summed E-state index contributed by atoms with van der Waals surface area (Å²) < 4.78 is 5.30. The van der Waals surface area contributed by atoms with E-state index >= 15 is 0 Å². The molecular weight excluding hydrogens is 258 g/mol. The van der Waals surface area contributed by atoms with Crippen LogP contribution in [0.3, 0.4) is 0 Å². The van der Waals surface area contributed by atoms with Crippen LogP contribution in [0.1, 0.15) is 51.4 Å². The number of amides is 1. The highest BCUT2D eigenvalue weighted by molar-refractivity contribution is 5.72. The summed E-state index contributed by atoms with van der Waals surface area (Å²) in [6, 6.07) is 0. The number of rotatable bonds is 7. The molecule has 0 aromatic carbocycles. The Hall–Kier alpha value is -1.52. The third-order valence-corrected chi connectivity index (χ3v) is 4.46. The summed E-state index contributed by atoms with van der Waals surface area (Å²) in [6.45, 7) is 4.12. The minimum Gasteiger partial charge on any atom is -0.481 e. The molecule has 0 atom stereocenters. The first-order valence-corrected chi connectivity index (χ1v) is 7.27. The summed E-state index contributed by atoms with van der Waals surface area (Å²) in [5.74, 6) is -0.877. The van der Waals surface area contributed by atoms with E-state index in [0.29, 0.717) is 19.4 Å². The standard InChI is InChI=1S/C15H23NO4/c1-2-5-14(8-9-14)11-20-13(19)16-15(10-12(17)18)6-3-4-7-15/h2H,1,3-11H2,(H,16,19)(H,17,18). The van der Waals surface area contributed by atoms with Gasteiger partial charge in [0.2, 0.25) is 0 Å². The van der Waals surface area contributed by atoms with Crippen LogP contribution in [0.5, 0.6) is 0 Å². The minimum atomic E-state index is -0.877. The Morgan fingerprint density at radius 2 is 1.90 bits per heavy atom. The van der Waals surface area contributed by atoms with Gasteiger partial charge >= 0.3 is 12.1 Å². The Bertz CT molecular complexity index is 395. The molecule has 2 aliphatic rings. The van der Waals surface area contributed by atoms with Gasteiger partial charge in [0.05, 0.1) is 18.6 Å². The molecule has 1 amide bonds. The summed E-state index contributed by atoms with van der Waals surface area (Å²) in [6.07, 6.45) is 7.67. The van der Waals surface area contributed by atoms with E-state index in [1.807, 2.05) is 6.08 Å². The number of alkyl carbamates (subject to hydrolysis) is 1. The number of ether oxygens (including phenoxy) is 1. The highest BCUT2D eigenvalue weighted by Gasteiger charge is 2.43. The van der Waals surface area contributed by atoms with E-state index in [1.165, 1.54) is 0 Å². The van der Waals surface area contributed by atoms with Gasteiger partial charge in [-0.1, -0.05) is 18.9 Å². The highest BCUT2D eigenvalue weighted by atomic mass is 16.5. The van der Waals surface area contributed by atoms with E-state index in [9.17, 15) is 9.59 Å². The van der Waals surface area contributed by atoms with Crippen molar-refractivity contribution in [2.75, 3.05) is 6.61 Å². The molecule has 5 nitrogen and oxygen atoms in total. The molecule has 0 heterocycles. The molecule has 0 radical (unpaired) electrons. The summed E-state index contributed by atoms with van der Waals surface area (Å²) in [5.41, 5.74) is -0.521. The van der Waals surface area contributed by atoms with Crippen LogP contribution in [-0.2, 0) is 9.53 Å². The quantitative estimate of drug-likeness (QED) is 0.704. The third-order valence-electron chi connectivity index (χ3n) is 4.46. The number of hydrogen-bond donors (Lipinski definition) is 2. The van der Waals surface area contributed by atoms with Crippen molar-refractivity contribution in [1.82, 2.24) is 5.32 Å². The second-order valence-corrected chi connectivity index (χ2v) is 6.25. The van der Waals surface area contributed by atoms with Crippen LogP contribution in [0.4, 0.5) is 4.79 Å². The second-order valence-electron chi connectivity index (χ2n) is 6.25. The molecule has 20 heavy (non-hydrogen) atoms. The number of nitrogens with one attached hydrogen (secondary N) is 1. The average molecular weight is 281 g/mol. The highest BCUT2D eigenvalue weighted by Crippen LogP contribution is 2.49. The zero-order chi connectivity index (χ0) is 14.6. The van der Waals surface area contributed by atoms with E-state index in [1.54, 1.807) is 0 Å². The van der Waals surface area contributed by atoms with E-state index in [4.69, 9.17) is 9.84 Å². The largest absolute Gasteiger partial charge is 0.481 e. The SMILES string of the molecule is C=CCC1(COC(=O)NC2(CC(=O)O)CCCC2)CC1. The third kappa shape index (κ3) is 3.74. The molecule has 2 aliphatic carbocycles. The van der Waals surface area contributed by atoms with Gasteiger partial charge in [-0.05, 0) is 32.1 Å². The maximum Gasteiger partial charge on any atom is 0.407 e. The number of hydrogen-bond acceptors (Lipinski definition) is 3. The monoisotopic (exact) mass is 281 g/mol. The van der Waals surface area contributed by atoms with Crippen molar-refractivity contribution in [1.29, 1.82) is 0 Å². The number of carbonyl (C=O) groups is 2.